The van der Waals surface area contributed by atoms with Crippen LogP contribution in [0.2, 0.25) is 0 Å². The third kappa shape index (κ3) is 3.35. The Morgan fingerprint density at radius 3 is 2.60 bits per heavy atom. The summed E-state index contributed by atoms with van der Waals surface area (Å²) in [5.41, 5.74) is 9.89. The van der Waals surface area contributed by atoms with Crippen molar-refractivity contribution in [2.45, 2.75) is 11.3 Å². The van der Waals surface area contributed by atoms with Gasteiger partial charge in [0.15, 0.2) is 0 Å². The lowest BCUT2D eigenvalue weighted by Gasteiger charge is -2.19. The molecule has 0 saturated carbocycles. The Hall–Kier alpha value is -2.84. The smallest absolute Gasteiger partial charge is 0.267 e. The van der Waals surface area contributed by atoms with Crippen molar-refractivity contribution in [3.05, 3.63) is 59.7 Å². The largest absolute Gasteiger partial charge is 0.399 e. The molecule has 0 radical (unpaired) electrons. The van der Waals surface area contributed by atoms with Gasteiger partial charge in [0, 0.05) is 18.3 Å². The number of fused-ring (bicyclic) bond motifs is 1. The van der Waals surface area contributed by atoms with Crippen LogP contribution in [-0.4, -0.2) is 26.1 Å². The molecule has 0 fully saturated rings. The Labute approximate surface area is 145 Å². The van der Waals surface area contributed by atoms with Crippen molar-refractivity contribution < 1.29 is 18.4 Å². The van der Waals surface area contributed by atoms with E-state index >= 15 is 0 Å². The molecule has 1 heterocycles. The summed E-state index contributed by atoms with van der Waals surface area (Å²) in [7, 11) is -3.65. The summed E-state index contributed by atoms with van der Waals surface area (Å²) in [4.78, 5) is 11.2. The first-order valence-corrected chi connectivity index (χ1v) is 8.99. The molecule has 3 rings (SSSR count). The molecular formula is C17H17N3O4S. The monoisotopic (exact) mass is 359 g/mol. The molecule has 25 heavy (non-hydrogen) atoms. The van der Waals surface area contributed by atoms with E-state index in [1.54, 1.807) is 30.3 Å². The van der Waals surface area contributed by atoms with Gasteiger partial charge in [0.25, 0.3) is 15.9 Å². The summed E-state index contributed by atoms with van der Waals surface area (Å²) in [6.07, 6.45) is 3.32. The summed E-state index contributed by atoms with van der Waals surface area (Å²) in [6, 6.07) is 11.4. The first-order valence-electron chi connectivity index (χ1n) is 7.55. The third-order valence-corrected chi connectivity index (χ3v) is 5.79. The van der Waals surface area contributed by atoms with E-state index in [0.717, 1.165) is 11.1 Å². The van der Waals surface area contributed by atoms with Gasteiger partial charge in [0.2, 0.25) is 0 Å². The van der Waals surface area contributed by atoms with E-state index in [4.69, 9.17) is 10.9 Å². The number of sulfonamides is 1. The number of hydrogen-bond donors (Lipinski definition) is 3. The van der Waals surface area contributed by atoms with E-state index in [1.165, 1.54) is 28.0 Å². The predicted octanol–water partition coefficient (Wildman–Crippen LogP) is 1.54. The standard InChI is InChI=1S/C17H17N3O4S/c18-14-3-5-15(6-4-14)25(23,24)20-10-9-13-11-12(1-7-16(13)20)2-8-17(21)19-22/h1-8,11,22H,9-10,18H2,(H,19,21)/b8-2-. The first-order chi connectivity index (χ1) is 11.9. The van der Waals surface area contributed by atoms with Crippen molar-refractivity contribution >= 4 is 33.4 Å². The van der Waals surface area contributed by atoms with E-state index < -0.39 is 15.9 Å². The second-order valence-corrected chi connectivity index (χ2v) is 7.46. The zero-order valence-electron chi connectivity index (χ0n) is 13.2. The number of nitrogens with zero attached hydrogens (tertiary/aromatic N) is 1. The van der Waals surface area contributed by atoms with Crippen LogP contribution in [0, 0.1) is 0 Å². The molecule has 0 atom stereocenters. The van der Waals surface area contributed by atoms with E-state index in [-0.39, 0.29) is 4.90 Å². The number of amides is 1. The maximum atomic E-state index is 12.8. The number of nitrogen functional groups attached to an aromatic ring is 1. The fraction of sp³-hybridized carbons (Fsp3) is 0.118. The third-order valence-electron chi connectivity index (χ3n) is 3.96. The normalized spacial score (nSPS) is 13.9. The van der Waals surface area contributed by atoms with Crippen LogP contribution in [0.5, 0.6) is 0 Å². The SMILES string of the molecule is Nc1ccc(S(=O)(=O)N2CCc3cc(/C=C\C(=O)NO)ccc32)cc1. The van der Waals surface area contributed by atoms with Crippen LogP contribution >= 0.6 is 0 Å². The maximum absolute atomic E-state index is 12.8. The molecular weight excluding hydrogens is 342 g/mol. The number of carbonyl (C=O) groups excluding carboxylic acids is 1. The number of hydroxylamine groups is 1. The van der Waals surface area contributed by atoms with E-state index in [1.807, 2.05) is 6.07 Å². The molecule has 7 nitrogen and oxygen atoms in total. The molecule has 0 aromatic heterocycles. The van der Waals surface area contributed by atoms with Crippen LogP contribution in [0.3, 0.4) is 0 Å². The van der Waals surface area contributed by atoms with E-state index in [2.05, 4.69) is 0 Å². The van der Waals surface area contributed by atoms with Gasteiger partial charge < -0.3 is 5.73 Å². The lowest BCUT2D eigenvalue weighted by molar-refractivity contribution is -0.124. The highest BCUT2D eigenvalue weighted by atomic mass is 32.2. The molecule has 4 N–H and O–H groups in total. The van der Waals surface area contributed by atoms with Crippen molar-refractivity contribution in [3.63, 3.8) is 0 Å². The molecule has 8 heteroatoms. The molecule has 0 aliphatic carbocycles. The van der Waals surface area contributed by atoms with E-state index in [9.17, 15) is 13.2 Å². The molecule has 2 aromatic carbocycles. The summed E-state index contributed by atoms with van der Waals surface area (Å²) in [5.74, 6) is -0.631. The van der Waals surface area contributed by atoms with Gasteiger partial charge in [-0.25, -0.2) is 13.9 Å². The number of carbonyl (C=O) groups is 1. The summed E-state index contributed by atoms with van der Waals surface area (Å²) in [5, 5.41) is 8.49. The topological polar surface area (TPSA) is 113 Å². The highest BCUT2D eigenvalue weighted by Crippen LogP contribution is 2.33. The molecule has 2 aromatic rings. The minimum atomic E-state index is -3.65. The Bertz CT molecular complexity index is 937. The lowest BCUT2D eigenvalue weighted by Crippen LogP contribution is -2.29. The quantitative estimate of drug-likeness (QED) is 0.332. The fourth-order valence-corrected chi connectivity index (χ4v) is 4.22. The highest BCUT2D eigenvalue weighted by molar-refractivity contribution is 7.92. The van der Waals surface area contributed by atoms with Gasteiger partial charge in [0.05, 0.1) is 10.6 Å². The number of hydrogen-bond acceptors (Lipinski definition) is 5. The number of nitrogens with one attached hydrogen (secondary N) is 1. The van der Waals surface area contributed by atoms with Crippen LogP contribution in [0.1, 0.15) is 11.1 Å². The van der Waals surface area contributed by atoms with Crippen LogP contribution in [0.15, 0.2) is 53.4 Å². The maximum Gasteiger partial charge on any atom is 0.267 e. The summed E-state index contributed by atoms with van der Waals surface area (Å²) in [6.45, 7) is 0.354. The fourth-order valence-electron chi connectivity index (χ4n) is 2.72. The average Bonchev–Trinajstić information content (AvgIpc) is 3.04. The highest BCUT2D eigenvalue weighted by Gasteiger charge is 2.30. The van der Waals surface area contributed by atoms with Crippen molar-refractivity contribution in [1.29, 1.82) is 0 Å². The molecule has 1 amide bonds. The van der Waals surface area contributed by atoms with Crippen LogP contribution in [-0.2, 0) is 21.2 Å². The summed E-state index contributed by atoms with van der Waals surface area (Å²) < 4.78 is 27.1. The van der Waals surface area contributed by atoms with Gasteiger partial charge in [-0.05, 0) is 60.0 Å². The van der Waals surface area contributed by atoms with Crippen molar-refractivity contribution in [1.82, 2.24) is 5.48 Å². The molecule has 1 aliphatic rings. The molecule has 0 spiro atoms. The van der Waals surface area contributed by atoms with Crippen LogP contribution < -0.4 is 15.5 Å². The zero-order chi connectivity index (χ0) is 18.0. The van der Waals surface area contributed by atoms with Gasteiger partial charge in [-0.3, -0.25) is 14.3 Å². The van der Waals surface area contributed by atoms with Crippen molar-refractivity contribution in [3.8, 4) is 0 Å². The zero-order valence-corrected chi connectivity index (χ0v) is 14.0. The molecule has 0 saturated heterocycles. The van der Waals surface area contributed by atoms with Gasteiger partial charge >= 0.3 is 0 Å². The Morgan fingerprint density at radius 1 is 1.20 bits per heavy atom. The first kappa shape index (κ1) is 17.0. The molecule has 130 valence electrons. The number of anilines is 2. The molecule has 1 aliphatic heterocycles. The summed E-state index contributed by atoms with van der Waals surface area (Å²) >= 11 is 0. The number of benzene rings is 2. The van der Waals surface area contributed by atoms with Gasteiger partial charge in [-0.2, -0.15) is 0 Å². The van der Waals surface area contributed by atoms with Gasteiger partial charge in [-0.1, -0.05) is 6.07 Å². The van der Waals surface area contributed by atoms with E-state index in [0.29, 0.717) is 24.3 Å². The van der Waals surface area contributed by atoms with Crippen molar-refractivity contribution in [2.75, 3.05) is 16.6 Å². The second kappa shape index (κ2) is 6.58. The second-order valence-electron chi connectivity index (χ2n) is 5.59. The Morgan fingerprint density at radius 2 is 1.92 bits per heavy atom. The number of nitrogens with two attached hydrogens (primary N) is 1. The minimum Gasteiger partial charge on any atom is -0.399 e. The number of rotatable bonds is 4. The minimum absolute atomic E-state index is 0.193. The predicted molar refractivity (Wildman–Crippen MR) is 94.5 cm³/mol. The molecule has 0 unspecified atom stereocenters. The van der Waals surface area contributed by atoms with Crippen LogP contribution in [0.4, 0.5) is 11.4 Å². The van der Waals surface area contributed by atoms with Crippen LogP contribution in [0.25, 0.3) is 6.08 Å². The Balaban J connectivity index is 1.90. The average molecular weight is 359 g/mol. The Kier molecular flexibility index (Phi) is 4.47. The molecule has 0 bridgehead atoms. The lowest BCUT2D eigenvalue weighted by atomic mass is 10.1. The van der Waals surface area contributed by atoms with Gasteiger partial charge in [0.1, 0.15) is 0 Å². The van der Waals surface area contributed by atoms with Gasteiger partial charge in [-0.15, -0.1) is 0 Å². The van der Waals surface area contributed by atoms with Crippen molar-refractivity contribution in [2.24, 2.45) is 0 Å².